The van der Waals surface area contributed by atoms with E-state index in [2.05, 4.69) is 5.32 Å². The number of benzene rings is 1. The highest BCUT2D eigenvalue weighted by molar-refractivity contribution is 5.99. The second-order valence-electron chi connectivity index (χ2n) is 4.12. The summed E-state index contributed by atoms with van der Waals surface area (Å²) in [5.41, 5.74) is 5.89. The Balaban J connectivity index is 2.86. The summed E-state index contributed by atoms with van der Waals surface area (Å²) in [5.74, 6) is 0.392. The molecule has 5 nitrogen and oxygen atoms in total. The molecule has 17 heavy (non-hydrogen) atoms. The number of hydrogen-bond donors (Lipinski definition) is 2. The lowest BCUT2D eigenvalue weighted by Crippen LogP contribution is -2.38. The Morgan fingerprint density at radius 3 is 2.47 bits per heavy atom. The summed E-state index contributed by atoms with van der Waals surface area (Å²) >= 11 is 0. The fourth-order valence-corrected chi connectivity index (χ4v) is 1.15. The van der Waals surface area contributed by atoms with E-state index in [0.717, 1.165) is 0 Å². The molecule has 0 aliphatic carbocycles. The molecule has 0 saturated carbocycles. The molecule has 94 valence electrons. The molecule has 1 amide bonds. The molecule has 0 unspecified atom stereocenters. The van der Waals surface area contributed by atoms with E-state index in [9.17, 15) is 4.79 Å². The van der Waals surface area contributed by atoms with Gasteiger partial charge in [-0.1, -0.05) is 0 Å². The maximum Gasteiger partial charge on any atom is 0.256 e. The van der Waals surface area contributed by atoms with Crippen molar-refractivity contribution in [2.45, 2.75) is 19.4 Å². The van der Waals surface area contributed by atoms with Crippen LogP contribution in [0.1, 0.15) is 13.8 Å². The maximum absolute atomic E-state index is 11.8. The molecule has 0 aromatic heterocycles. The van der Waals surface area contributed by atoms with Crippen molar-refractivity contribution in [1.82, 2.24) is 0 Å². The van der Waals surface area contributed by atoms with Crippen molar-refractivity contribution < 1.29 is 14.3 Å². The van der Waals surface area contributed by atoms with Gasteiger partial charge in [0, 0.05) is 13.2 Å². The predicted octanol–water partition coefficient (Wildman–Crippen LogP) is 1.64. The largest absolute Gasteiger partial charge is 0.497 e. The van der Waals surface area contributed by atoms with Crippen LogP contribution in [0, 0.1) is 0 Å². The third kappa shape index (κ3) is 3.10. The van der Waals surface area contributed by atoms with Gasteiger partial charge >= 0.3 is 0 Å². The van der Waals surface area contributed by atoms with Crippen LogP contribution >= 0.6 is 0 Å². The summed E-state index contributed by atoms with van der Waals surface area (Å²) in [4.78, 5) is 11.8. The first kappa shape index (κ1) is 13.3. The predicted molar refractivity (Wildman–Crippen MR) is 67.1 cm³/mol. The SMILES string of the molecule is COc1ccc(NC(=O)C(C)(C)OC)c(N)c1. The van der Waals surface area contributed by atoms with E-state index in [1.165, 1.54) is 7.11 Å². The van der Waals surface area contributed by atoms with Crippen molar-refractivity contribution >= 4 is 17.3 Å². The fraction of sp³-hybridized carbons (Fsp3) is 0.417. The Morgan fingerprint density at radius 1 is 1.35 bits per heavy atom. The van der Waals surface area contributed by atoms with Gasteiger partial charge in [-0.2, -0.15) is 0 Å². The molecule has 3 N–H and O–H groups in total. The molecule has 0 atom stereocenters. The number of nitrogens with one attached hydrogen (secondary N) is 1. The van der Waals surface area contributed by atoms with Crippen LogP contribution in [-0.4, -0.2) is 25.7 Å². The number of carbonyl (C=O) groups excluding carboxylic acids is 1. The molecule has 0 radical (unpaired) electrons. The van der Waals surface area contributed by atoms with E-state index >= 15 is 0 Å². The normalized spacial score (nSPS) is 11.1. The number of anilines is 2. The van der Waals surface area contributed by atoms with Crippen LogP contribution in [0.5, 0.6) is 5.75 Å². The summed E-state index contributed by atoms with van der Waals surface area (Å²) in [6.45, 7) is 3.37. The van der Waals surface area contributed by atoms with Gasteiger partial charge in [0.1, 0.15) is 11.4 Å². The lowest BCUT2D eigenvalue weighted by Gasteiger charge is -2.22. The quantitative estimate of drug-likeness (QED) is 0.782. The van der Waals surface area contributed by atoms with E-state index in [1.807, 2.05) is 0 Å². The van der Waals surface area contributed by atoms with Gasteiger partial charge in [0.25, 0.3) is 5.91 Å². The van der Waals surface area contributed by atoms with Gasteiger partial charge in [-0.25, -0.2) is 0 Å². The number of carbonyl (C=O) groups is 1. The van der Waals surface area contributed by atoms with Gasteiger partial charge in [-0.15, -0.1) is 0 Å². The Hall–Kier alpha value is -1.75. The Kier molecular flexibility index (Phi) is 3.96. The van der Waals surface area contributed by atoms with Gasteiger partial charge in [0.15, 0.2) is 0 Å². The van der Waals surface area contributed by atoms with E-state index < -0.39 is 5.60 Å². The minimum absolute atomic E-state index is 0.253. The topological polar surface area (TPSA) is 73.6 Å². The van der Waals surface area contributed by atoms with Gasteiger partial charge in [-0.05, 0) is 26.0 Å². The zero-order chi connectivity index (χ0) is 13.1. The van der Waals surface area contributed by atoms with Crippen LogP contribution in [0.15, 0.2) is 18.2 Å². The van der Waals surface area contributed by atoms with Crippen molar-refractivity contribution in [3.8, 4) is 5.75 Å². The van der Waals surface area contributed by atoms with Crippen LogP contribution in [-0.2, 0) is 9.53 Å². The number of methoxy groups -OCH3 is 2. The van der Waals surface area contributed by atoms with Crippen LogP contribution in [0.25, 0.3) is 0 Å². The fourth-order valence-electron chi connectivity index (χ4n) is 1.15. The second kappa shape index (κ2) is 5.05. The Morgan fingerprint density at radius 2 is 2.00 bits per heavy atom. The summed E-state index contributed by atoms with van der Waals surface area (Å²) in [6, 6.07) is 5.07. The van der Waals surface area contributed by atoms with Crippen molar-refractivity contribution in [2.24, 2.45) is 0 Å². The first-order chi connectivity index (χ1) is 7.90. The van der Waals surface area contributed by atoms with Crippen LogP contribution in [0.3, 0.4) is 0 Å². The molecule has 0 saturated heterocycles. The smallest absolute Gasteiger partial charge is 0.256 e. The molecule has 1 aromatic carbocycles. The van der Waals surface area contributed by atoms with Crippen molar-refractivity contribution in [3.05, 3.63) is 18.2 Å². The molecule has 0 aliphatic rings. The van der Waals surface area contributed by atoms with Crippen LogP contribution < -0.4 is 15.8 Å². The summed E-state index contributed by atoms with van der Waals surface area (Å²) in [6.07, 6.45) is 0. The van der Waals surface area contributed by atoms with E-state index in [1.54, 1.807) is 39.2 Å². The molecule has 0 fully saturated rings. The number of nitrogens with two attached hydrogens (primary N) is 1. The zero-order valence-electron chi connectivity index (χ0n) is 10.5. The Labute approximate surface area is 101 Å². The molecule has 0 aliphatic heterocycles. The average Bonchev–Trinajstić information content (AvgIpc) is 2.31. The number of amides is 1. The first-order valence-electron chi connectivity index (χ1n) is 5.21. The minimum atomic E-state index is -0.896. The molecule has 1 aromatic rings. The number of rotatable bonds is 4. The van der Waals surface area contributed by atoms with Crippen molar-refractivity contribution in [3.63, 3.8) is 0 Å². The van der Waals surface area contributed by atoms with Gasteiger partial charge in [0.2, 0.25) is 0 Å². The Bertz CT molecular complexity index is 416. The number of hydrogen-bond acceptors (Lipinski definition) is 4. The highest BCUT2D eigenvalue weighted by atomic mass is 16.5. The summed E-state index contributed by atoms with van der Waals surface area (Å²) in [7, 11) is 3.04. The van der Waals surface area contributed by atoms with Crippen LogP contribution in [0.2, 0.25) is 0 Å². The highest BCUT2D eigenvalue weighted by Gasteiger charge is 2.27. The molecule has 0 bridgehead atoms. The van der Waals surface area contributed by atoms with E-state index in [-0.39, 0.29) is 5.91 Å². The molecular formula is C12H18N2O3. The summed E-state index contributed by atoms with van der Waals surface area (Å²) < 4.78 is 10.1. The molecule has 0 spiro atoms. The first-order valence-corrected chi connectivity index (χ1v) is 5.21. The van der Waals surface area contributed by atoms with E-state index in [4.69, 9.17) is 15.2 Å². The van der Waals surface area contributed by atoms with Gasteiger partial charge < -0.3 is 20.5 Å². The standard InChI is InChI=1S/C12H18N2O3/c1-12(2,17-4)11(15)14-10-6-5-8(16-3)7-9(10)13/h5-7H,13H2,1-4H3,(H,14,15). The summed E-state index contributed by atoms with van der Waals surface area (Å²) in [5, 5.41) is 2.71. The van der Waals surface area contributed by atoms with Gasteiger partial charge in [-0.3, -0.25) is 4.79 Å². The third-order valence-electron chi connectivity index (χ3n) is 2.56. The van der Waals surface area contributed by atoms with Crippen molar-refractivity contribution in [2.75, 3.05) is 25.3 Å². The third-order valence-corrected chi connectivity index (χ3v) is 2.56. The second-order valence-corrected chi connectivity index (χ2v) is 4.12. The van der Waals surface area contributed by atoms with Gasteiger partial charge in [0.05, 0.1) is 18.5 Å². The minimum Gasteiger partial charge on any atom is -0.497 e. The monoisotopic (exact) mass is 238 g/mol. The lowest BCUT2D eigenvalue weighted by atomic mass is 10.1. The highest BCUT2D eigenvalue weighted by Crippen LogP contribution is 2.25. The number of ether oxygens (including phenoxy) is 2. The van der Waals surface area contributed by atoms with Crippen molar-refractivity contribution in [1.29, 1.82) is 0 Å². The zero-order valence-corrected chi connectivity index (χ0v) is 10.5. The average molecular weight is 238 g/mol. The van der Waals surface area contributed by atoms with E-state index in [0.29, 0.717) is 17.1 Å². The molecule has 0 heterocycles. The molecule has 5 heteroatoms. The number of nitrogen functional groups attached to an aromatic ring is 1. The maximum atomic E-state index is 11.8. The van der Waals surface area contributed by atoms with Crippen LogP contribution in [0.4, 0.5) is 11.4 Å². The lowest BCUT2D eigenvalue weighted by molar-refractivity contribution is -0.133. The molecule has 1 rings (SSSR count). The molecular weight excluding hydrogens is 220 g/mol.